The molecule has 0 aliphatic carbocycles. The number of hydrogen-bond donors (Lipinski definition) is 0. The molecule has 0 spiro atoms. The first-order valence-electron chi connectivity index (χ1n) is 6.04. The minimum Gasteiger partial charge on any atom is -0.497 e. The van der Waals surface area contributed by atoms with Crippen LogP contribution in [0.15, 0.2) is 46.5 Å². The van der Waals surface area contributed by atoms with Crippen molar-refractivity contribution >= 4 is 22.7 Å². The fourth-order valence-electron chi connectivity index (χ4n) is 2.05. The largest absolute Gasteiger partial charge is 0.497 e. The van der Waals surface area contributed by atoms with Crippen molar-refractivity contribution in [1.82, 2.24) is 0 Å². The molecule has 0 saturated carbocycles. The molecule has 0 radical (unpaired) electrons. The van der Waals surface area contributed by atoms with Crippen molar-refractivity contribution in [2.75, 3.05) is 7.11 Å². The molecule has 0 fully saturated rings. The molecule has 0 aliphatic heterocycles. The Labute approximate surface area is 121 Å². The zero-order valence-corrected chi connectivity index (χ0v) is 12.5. The van der Waals surface area contributed by atoms with Crippen LogP contribution in [0.25, 0.3) is 21.6 Å². The van der Waals surface area contributed by atoms with Gasteiger partial charge in [-0.05, 0) is 52.4 Å². The van der Waals surface area contributed by atoms with Gasteiger partial charge in [0, 0.05) is 16.0 Å². The van der Waals surface area contributed by atoms with E-state index in [2.05, 4.69) is 41.3 Å². The summed E-state index contributed by atoms with van der Waals surface area (Å²) in [6.45, 7) is 2.14. The molecule has 19 heavy (non-hydrogen) atoms. The van der Waals surface area contributed by atoms with Crippen LogP contribution in [0, 0.1) is 6.92 Å². The highest BCUT2D eigenvalue weighted by Crippen LogP contribution is 2.38. The third-order valence-electron chi connectivity index (χ3n) is 3.06. The Morgan fingerprint density at radius 1 is 0.947 bits per heavy atom. The van der Waals surface area contributed by atoms with Gasteiger partial charge in [0.15, 0.2) is 0 Å². The van der Waals surface area contributed by atoms with Gasteiger partial charge >= 0.3 is 0 Å². The van der Waals surface area contributed by atoms with Crippen LogP contribution in [0.4, 0.5) is 0 Å². The lowest BCUT2D eigenvalue weighted by atomic mass is 10.0. The minimum atomic E-state index is 0.896. The lowest BCUT2D eigenvalue weighted by molar-refractivity contribution is 0.415. The van der Waals surface area contributed by atoms with E-state index in [0.717, 1.165) is 5.75 Å². The number of methoxy groups -OCH3 is 1. The molecule has 96 valence electrons. The maximum atomic E-state index is 5.21. The summed E-state index contributed by atoms with van der Waals surface area (Å²) in [5, 5.41) is 6.64. The van der Waals surface area contributed by atoms with Gasteiger partial charge in [-0.1, -0.05) is 12.1 Å². The van der Waals surface area contributed by atoms with E-state index in [4.69, 9.17) is 4.74 Å². The van der Waals surface area contributed by atoms with Crippen molar-refractivity contribution in [3.05, 3.63) is 52.0 Å². The zero-order valence-electron chi connectivity index (χ0n) is 10.8. The molecular weight excluding hydrogens is 272 g/mol. The minimum absolute atomic E-state index is 0.896. The van der Waals surface area contributed by atoms with Gasteiger partial charge in [0.1, 0.15) is 5.75 Å². The normalized spacial score (nSPS) is 10.6. The van der Waals surface area contributed by atoms with E-state index in [-0.39, 0.29) is 0 Å². The SMILES string of the molecule is COc1ccc(-c2cscc2-c2cc(C)cs2)cc1. The monoisotopic (exact) mass is 286 g/mol. The van der Waals surface area contributed by atoms with E-state index < -0.39 is 0 Å². The van der Waals surface area contributed by atoms with E-state index in [0.29, 0.717) is 0 Å². The van der Waals surface area contributed by atoms with Gasteiger partial charge in [-0.3, -0.25) is 0 Å². The summed E-state index contributed by atoms with van der Waals surface area (Å²) >= 11 is 3.56. The first kappa shape index (κ1) is 12.5. The summed E-state index contributed by atoms with van der Waals surface area (Å²) in [6, 6.07) is 10.5. The Hall–Kier alpha value is -1.58. The second-order valence-corrected chi connectivity index (χ2v) is 6.07. The summed E-state index contributed by atoms with van der Waals surface area (Å²) in [5.74, 6) is 0.896. The smallest absolute Gasteiger partial charge is 0.118 e. The predicted octanol–water partition coefficient (Wildman–Crippen LogP) is 5.46. The van der Waals surface area contributed by atoms with E-state index in [1.165, 1.54) is 27.1 Å². The molecule has 2 heterocycles. The average Bonchev–Trinajstić information content (AvgIpc) is 3.07. The standard InChI is InChI=1S/C16H14OS2/c1-11-7-16(19-8-11)15-10-18-9-14(15)12-3-5-13(17-2)6-4-12/h3-10H,1-2H3. The fourth-order valence-corrected chi connectivity index (χ4v) is 3.92. The lowest BCUT2D eigenvalue weighted by Gasteiger charge is -2.04. The Balaban J connectivity index is 2.03. The highest BCUT2D eigenvalue weighted by atomic mass is 32.1. The zero-order chi connectivity index (χ0) is 13.2. The van der Waals surface area contributed by atoms with Gasteiger partial charge in [0.2, 0.25) is 0 Å². The van der Waals surface area contributed by atoms with Crippen LogP contribution in [-0.4, -0.2) is 7.11 Å². The maximum Gasteiger partial charge on any atom is 0.118 e. The van der Waals surface area contributed by atoms with E-state index in [9.17, 15) is 0 Å². The van der Waals surface area contributed by atoms with Gasteiger partial charge in [-0.25, -0.2) is 0 Å². The van der Waals surface area contributed by atoms with Gasteiger partial charge in [0.05, 0.1) is 7.11 Å². The number of benzene rings is 1. The van der Waals surface area contributed by atoms with Crippen molar-refractivity contribution in [2.45, 2.75) is 6.92 Å². The molecule has 1 nitrogen and oxygen atoms in total. The summed E-state index contributed by atoms with van der Waals surface area (Å²) in [6.07, 6.45) is 0. The molecule has 3 aromatic rings. The summed E-state index contributed by atoms with van der Waals surface area (Å²) in [4.78, 5) is 1.34. The molecule has 2 aromatic heterocycles. The number of hydrogen-bond acceptors (Lipinski definition) is 3. The fraction of sp³-hybridized carbons (Fsp3) is 0.125. The maximum absolute atomic E-state index is 5.21. The van der Waals surface area contributed by atoms with Crippen molar-refractivity contribution in [1.29, 1.82) is 0 Å². The van der Waals surface area contributed by atoms with Gasteiger partial charge < -0.3 is 4.74 Å². The number of ether oxygens (including phenoxy) is 1. The first-order valence-corrected chi connectivity index (χ1v) is 7.86. The highest BCUT2D eigenvalue weighted by molar-refractivity contribution is 7.14. The first-order chi connectivity index (χ1) is 9.28. The van der Waals surface area contributed by atoms with E-state index in [1.54, 1.807) is 29.8 Å². The van der Waals surface area contributed by atoms with Crippen LogP contribution < -0.4 is 4.74 Å². The molecular formula is C16H14OS2. The second kappa shape index (κ2) is 5.19. The molecule has 0 unspecified atom stereocenters. The van der Waals surface area contributed by atoms with Crippen molar-refractivity contribution in [3.63, 3.8) is 0 Å². The molecule has 3 heteroatoms. The Morgan fingerprint density at radius 2 is 1.68 bits per heavy atom. The number of aryl methyl sites for hydroxylation is 1. The number of thiophene rings is 2. The Kier molecular flexibility index (Phi) is 3.40. The van der Waals surface area contributed by atoms with E-state index in [1.807, 2.05) is 12.1 Å². The quantitative estimate of drug-likeness (QED) is 0.621. The van der Waals surface area contributed by atoms with Crippen LogP contribution in [0.1, 0.15) is 5.56 Å². The topological polar surface area (TPSA) is 9.23 Å². The van der Waals surface area contributed by atoms with Crippen molar-refractivity contribution in [2.24, 2.45) is 0 Å². The van der Waals surface area contributed by atoms with Crippen LogP contribution in [0.2, 0.25) is 0 Å². The third kappa shape index (κ3) is 2.44. The van der Waals surface area contributed by atoms with Crippen LogP contribution in [0.5, 0.6) is 5.75 Å². The molecule has 0 aliphatic rings. The van der Waals surface area contributed by atoms with Crippen LogP contribution in [-0.2, 0) is 0 Å². The van der Waals surface area contributed by atoms with Gasteiger partial charge in [0.25, 0.3) is 0 Å². The van der Waals surface area contributed by atoms with Crippen LogP contribution in [0.3, 0.4) is 0 Å². The average molecular weight is 286 g/mol. The van der Waals surface area contributed by atoms with Crippen molar-refractivity contribution in [3.8, 4) is 27.3 Å². The summed E-state index contributed by atoms with van der Waals surface area (Å²) in [5.41, 5.74) is 5.19. The van der Waals surface area contributed by atoms with Gasteiger partial charge in [-0.2, -0.15) is 11.3 Å². The number of rotatable bonds is 3. The third-order valence-corrected chi connectivity index (χ3v) is 4.88. The molecule has 0 saturated heterocycles. The molecule has 0 bridgehead atoms. The summed E-state index contributed by atoms with van der Waals surface area (Å²) in [7, 11) is 1.69. The molecule has 0 N–H and O–H groups in total. The van der Waals surface area contributed by atoms with Crippen LogP contribution >= 0.6 is 22.7 Å². The molecule has 3 rings (SSSR count). The Bertz CT molecular complexity index is 677. The Morgan fingerprint density at radius 3 is 2.32 bits per heavy atom. The molecule has 0 atom stereocenters. The van der Waals surface area contributed by atoms with Crippen molar-refractivity contribution < 1.29 is 4.74 Å². The van der Waals surface area contributed by atoms with Gasteiger partial charge in [-0.15, -0.1) is 11.3 Å². The predicted molar refractivity (Wildman–Crippen MR) is 84.4 cm³/mol. The molecule has 1 aromatic carbocycles. The van der Waals surface area contributed by atoms with E-state index >= 15 is 0 Å². The molecule has 0 amide bonds. The second-order valence-electron chi connectivity index (χ2n) is 4.42. The lowest BCUT2D eigenvalue weighted by Crippen LogP contribution is -1.82. The summed E-state index contributed by atoms with van der Waals surface area (Å²) < 4.78 is 5.21. The highest BCUT2D eigenvalue weighted by Gasteiger charge is 2.10.